The molecular weight excluding hydrogens is 689 g/mol. The van der Waals surface area contributed by atoms with Crippen LogP contribution in [0.1, 0.15) is 144 Å². The lowest BCUT2D eigenvalue weighted by atomic mass is 10.1. The van der Waals surface area contributed by atoms with Crippen molar-refractivity contribution in [2.24, 2.45) is 0 Å². The molecule has 290 valence electrons. The molecule has 0 bridgehead atoms. The Kier molecular flexibility index (Phi) is 36.8. The molecule has 0 amide bonds. The zero-order valence-corrected chi connectivity index (χ0v) is 36.6. The molecular formula is C33H81O9P3Si2. The van der Waals surface area contributed by atoms with Crippen molar-refractivity contribution in [3.8, 4) is 0 Å². The highest BCUT2D eigenvalue weighted by atomic mass is 31.2. The van der Waals surface area contributed by atoms with E-state index in [1.807, 2.05) is 39.3 Å². The Morgan fingerprint density at radius 2 is 0.681 bits per heavy atom. The van der Waals surface area contributed by atoms with Crippen molar-refractivity contribution in [3.05, 3.63) is 0 Å². The van der Waals surface area contributed by atoms with Gasteiger partial charge < -0.3 is 27.3 Å². The van der Waals surface area contributed by atoms with Crippen LogP contribution >= 0.6 is 22.8 Å². The van der Waals surface area contributed by atoms with Gasteiger partial charge in [-0.05, 0) is 58.5 Å². The zero-order valence-electron chi connectivity index (χ0n) is 31.9. The third kappa shape index (κ3) is 44.9. The van der Waals surface area contributed by atoms with Crippen molar-refractivity contribution >= 4 is 39.4 Å². The summed E-state index contributed by atoms with van der Waals surface area (Å²) in [6.45, 7) is 18.8. The lowest BCUT2D eigenvalue weighted by Crippen LogP contribution is -2.24. The van der Waals surface area contributed by atoms with E-state index >= 15 is 0 Å². The van der Waals surface area contributed by atoms with E-state index in [4.69, 9.17) is 27.3 Å². The molecule has 0 aromatic heterocycles. The minimum Gasteiger partial charge on any atom is -0.351 e. The van der Waals surface area contributed by atoms with Crippen molar-refractivity contribution in [3.63, 3.8) is 0 Å². The minimum atomic E-state index is -3.72. The van der Waals surface area contributed by atoms with E-state index in [1.54, 1.807) is 0 Å². The standard InChI is InChI=1S/2C12H29O3PSi.C8H19O3P.CH4/c2*1-6-7-8-9-10-11-12-16(13,14-2)15-17(3,4)5;1-2-3-4-5-6-7-8-12(9,10)11;/h2*6-12H2,1-5H3;2-8H2,1H3,(H2,9,10,11);1H4. The van der Waals surface area contributed by atoms with Gasteiger partial charge in [0.15, 0.2) is 16.6 Å². The molecule has 2 atom stereocenters. The third-order valence-electron chi connectivity index (χ3n) is 6.76. The Hall–Kier alpha value is 0.884. The molecule has 0 saturated carbocycles. The molecule has 0 aliphatic carbocycles. The second-order valence-electron chi connectivity index (χ2n) is 14.1. The van der Waals surface area contributed by atoms with Crippen molar-refractivity contribution in [1.82, 2.24) is 0 Å². The molecule has 0 heterocycles. The molecule has 0 aliphatic heterocycles. The number of hydrogen-bond acceptors (Lipinski definition) is 7. The van der Waals surface area contributed by atoms with Gasteiger partial charge in [0, 0.05) is 32.7 Å². The van der Waals surface area contributed by atoms with Gasteiger partial charge in [-0.2, -0.15) is 0 Å². The van der Waals surface area contributed by atoms with Gasteiger partial charge in [0.2, 0.25) is 0 Å². The van der Waals surface area contributed by atoms with Gasteiger partial charge in [-0.25, -0.2) is 0 Å². The van der Waals surface area contributed by atoms with E-state index in [0.29, 0.717) is 18.7 Å². The van der Waals surface area contributed by atoms with Crippen LogP contribution in [0.4, 0.5) is 0 Å². The molecule has 0 aromatic carbocycles. The van der Waals surface area contributed by atoms with Crippen molar-refractivity contribution in [2.75, 3.05) is 32.7 Å². The summed E-state index contributed by atoms with van der Waals surface area (Å²) in [5.74, 6) is 0. The first kappa shape index (κ1) is 54.7. The Morgan fingerprint density at radius 1 is 0.447 bits per heavy atom. The molecule has 2 unspecified atom stereocenters. The van der Waals surface area contributed by atoms with E-state index in [-0.39, 0.29) is 13.6 Å². The monoisotopic (exact) mass is 770 g/mol. The van der Waals surface area contributed by atoms with Gasteiger partial charge >= 0.3 is 22.8 Å². The predicted octanol–water partition coefficient (Wildman–Crippen LogP) is 13.2. The first-order chi connectivity index (χ1) is 21.2. The van der Waals surface area contributed by atoms with Crippen LogP contribution in [0.3, 0.4) is 0 Å². The van der Waals surface area contributed by atoms with Crippen LogP contribution in [0.5, 0.6) is 0 Å². The zero-order chi connectivity index (χ0) is 36.2. The average Bonchev–Trinajstić information content (AvgIpc) is 2.93. The predicted molar refractivity (Wildman–Crippen MR) is 212 cm³/mol. The van der Waals surface area contributed by atoms with Crippen molar-refractivity contribution < 1.29 is 41.0 Å². The number of unbranched alkanes of at least 4 members (excludes halogenated alkanes) is 15. The molecule has 47 heavy (non-hydrogen) atoms. The first-order valence-corrected chi connectivity index (χ1v) is 30.0. The Labute approximate surface area is 295 Å². The minimum absolute atomic E-state index is 0. The molecule has 0 aliphatic rings. The maximum Gasteiger partial charge on any atom is 0.325 e. The Balaban J connectivity index is -0.000000297. The summed E-state index contributed by atoms with van der Waals surface area (Å²) in [5, 5.41) is 0. The summed E-state index contributed by atoms with van der Waals surface area (Å²) in [6.07, 6.45) is 21.8. The second-order valence-corrected chi connectivity index (χ2v) is 29.9. The highest BCUT2D eigenvalue weighted by molar-refractivity contribution is 7.55. The smallest absolute Gasteiger partial charge is 0.325 e. The van der Waals surface area contributed by atoms with Gasteiger partial charge in [-0.15, -0.1) is 0 Å². The van der Waals surface area contributed by atoms with Crippen molar-refractivity contribution in [1.29, 1.82) is 0 Å². The topological polar surface area (TPSA) is 129 Å². The summed E-state index contributed by atoms with van der Waals surface area (Å²) in [4.78, 5) is 17.1. The molecule has 9 nitrogen and oxygen atoms in total. The van der Waals surface area contributed by atoms with E-state index in [1.165, 1.54) is 84.8 Å². The van der Waals surface area contributed by atoms with E-state index in [9.17, 15) is 13.7 Å². The summed E-state index contributed by atoms with van der Waals surface area (Å²) >= 11 is 0. The van der Waals surface area contributed by atoms with E-state index in [2.05, 4.69) is 20.8 Å². The number of hydrogen-bond donors (Lipinski definition) is 2. The van der Waals surface area contributed by atoms with Crippen LogP contribution in [-0.2, 0) is 31.2 Å². The van der Waals surface area contributed by atoms with Crippen LogP contribution in [0.2, 0.25) is 39.3 Å². The van der Waals surface area contributed by atoms with Crippen LogP contribution < -0.4 is 0 Å². The molecule has 2 N–H and O–H groups in total. The van der Waals surface area contributed by atoms with Crippen LogP contribution in [0.15, 0.2) is 0 Å². The van der Waals surface area contributed by atoms with Gasteiger partial charge in [0.05, 0.1) is 0 Å². The van der Waals surface area contributed by atoms with Crippen molar-refractivity contribution in [2.45, 2.75) is 183 Å². The summed E-state index contributed by atoms with van der Waals surface area (Å²) in [6, 6.07) is 0. The first-order valence-electron chi connectivity index (χ1n) is 18.0. The number of rotatable bonds is 27. The average molecular weight is 771 g/mol. The SMILES string of the molecule is C.CCCCCCCCP(=O)(O)O.CCCCCCCCP(=O)(OC)O[Si](C)(C)C.CCCCCCCCP(=O)(OC)O[Si](C)(C)C. The molecule has 0 fully saturated rings. The highest BCUT2D eigenvalue weighted by Crippen LogP contribution is 2.51. The maximum atomic E-state index is 12.3. The van der Waals surface area contributed by atoms with Gasteiger partial charge in [0.25, 0.3) is 0 Å². The fraction of sp³-hybridized carbons (Fsp3) is 1.00. The largest absolute Gasteiger partial charge is 0.351 e. The Morgan fingerprint density at radius 3 is 0.894 bits per heavy atom. The van der Waals surface area contributed by atoms with E-state index < -0.39 is 39.4 Å². The maximum absolute atomic E-state index is 12.3. The summed E-state index contributed by atoms with van der Waals surface area (Å²) in [5.41, 5.74) is 0. The molecule has 0 radical (unpaired) electrons. The second kappa shape index (κ2) is 31.6. The van der Waals surface area contributed by atoms with Gasteiger partial charge in [-0.1, -0.05) is 125 Å². The quantitative estimate of drug-likeness (QED) is 0.0476. The summed E-state index contributed by atoms with van der Waals surface area (Å²) in [7, 11) is -9.92. The van der Waals surface area contributed by atoms with Crippen LogP contribution in [-0.4, -0.2) is 59.1 Å². The molecule has 0 aromatic rings. The molecule has 0 saturated heterocycles. The summed E-state index contributed by atoms with van der Waals surface area (Å²) < 4.78 is 56.5. The lowest BCUT2D eigenvalue weighted by molar-refractivity contribution is 0.317. The molecule has 14 heteroatoms. The van der Waals surface area contributed by atoms with Gasteiger partial charge in [-0.3, -0.25) is 13.7 Å². The molecule has 0 rings (SSSR count). The lowest BCUT2D eigenvalue weighted by Gasteiger charge is -2.24. The van der Waals surface area contributed by atoms with Crippen LogP contribution in [0.25, 0.3) is 0 Å². The fourth-order valence-electron chi connectivity index (χ4n) is 4.45. The van der Waals surface area contributed by atoms with Crippen LogP contribution in [0, 0.1) is 0 Å². The highest BCUT2D eigenvalue weighted by Gasteiger charge is 2.31. The Bertz CT molecular complexity index is 779. The third-order valence-corrected chi connectivity index (χ3v) is 17.1. The normalized spacial score (nSPS) is 14.5. The fourth-order valence-corrected chi connectivity index (χ4v) is 14.7. The van der Waals surface area contributed by atoms with E-state index in [0.717, 1.165) is 38.5 Å². The van der Waals surface area contributed by atoms with Gasteiger partial charge in [0.1, 0.15) is 0 Å². The molecule has 0 spiro atoms.